The van der Waals surface area contributed by atoms with E-state index in [-0.39, 0.29) is 0 Å². The fourth-order valence-corrected chi connectivity index (χ4v) is 4.01. The zero-order valence-electron chi connectivity index (χ0n) is 15.3. The lowest BCUT2D eigenvalue weighted by Gasteiger charge is -2.45. The van der Waals surface area contributed by atoms with Crippen molar-refractivity contribution in [2.75, 3.05) is 26.2 Å². The molecule has 124 valence electrons. The molecule has 2 heteroatoms. The minimum Gasteiger partial charge on any atom is -0.300 e. The van der Waals surface area contributed by atoms with Crippen molar-refractivity contribution in [1.82, 2.24) is 9.80 Å². The van der Waals surface area contributed by atoms with Gasteiger partial charge in [0.15, 0.2) is 0 Å². The molecular formula is C19H38N2. The molecule has 0 amide bonds. The molecule has 2 fully saturated rings. The van der Waals surface area contributed by atoms with Crippen molar-refractivity contribution >= 4 is 0 Å². The second-order valence-corrected chi connectivity index (χ2v) is 8.50. The first-order chi connectivity index (χ1) is 9.88. The van der Waals surface area contributed by atoms with E-state index in [1.807, 2.05) is 0 Å². The van der Waals surface area contributed by atoms with Crippen LogP contribution in [-0.2, 0) is 0 Å². The van der Waals surface area contributed by atoms with Gasteiger partial charge in [-0.2, -0.15) is 0 Å². The van der Waals surface area contributed by atoms with Crippen molar-refractivity contribution in [2.45, 2.75) is 72.9 Å². The van der Waals surface area contributed by atoms with Gasteiger partial charge in [0, 0.05) is 31.7 Å². The molecule has 2 rings (SSSR count). The molecule has 0 aromatic heterocycles. The molecule has 2 unspecified atom stereocenters. The number of nitrogens with zero attached hydrogens (tertiary/aromatic N) is 2. The predicted octanol–water partition coefficient (Wildman–Crippen LogP) is 4.11. The normalized spacial score (nSPS) is 28.3. The summed E-state index contributed by atoms with van der Waals surface area (Å²) in [7, 11) is 0. The van der Waals surface area contributed by atoms with Crippen LogP contribution in [0.4, 0.5) is 0 Å². The molecule has 2 heterocycles. The topological polar surface area (TPSA) is 6.48 Å². The minimum atomic E-state index is 0.741. The maximum atomic E-state index is 2.75. The van der Waals surface area contributed by atoms with Crippen LogP contribution in [0.3, 0.4) is 0 Å². The molecule has 0 spiro atoms. The first-order valence-corrected chi connectivity index (χ1v) is 9.36. The molecule has 2 nitrogen and oxygen atoms in total. The Balaban J connectivity index is 1.64. The van der Waals surface area contributed by atoms with E-state index in [9.17, 15) is 0 Å². The highest BCUT2D eigenvalue weighted by Gasteiger charge is 2.33. The second-order valence-electron chi connectivity index (χ2n) is 8.50. The van der Waals surface area contributed by atoms with E-state index in [2.05, 4.69) is 51.3 Å². The Morgan fingerprint density at radius 2 is 1.43 bits per heavy atom. The van der Waals surface area contributed by atoms with Crippen LogP contribution in [0.5, 0.6) is 0 Å². The Kier molecular flexibility index (Phi) is 6.14. The fraction of sp³-hybridized carbons (Fsp3) is 1.00. The molecule has 0 saturated carbocycles. The predicted molar refractivity (Wildman–Crippen MR) is 92.6 cm³/mol. The minimum absolute atomic E-state index is 0.741. The van der Waals surface area contributed by atoms with E-state index in [1.54, 1.807) is 0 Å². The SMILES string of the molecule is CC(C)C1CCN(C(C)CC[C@@H](C)C2CN(C(C)C)C2)C1. The Labute approximate surface area is 133 Å². The zero-order chi connectivity index (χ0) is 15.6. The molecule has 2 saturated heterocycles. The average Bonchev–Trinajstić information content (AvgIpc) is 2.83. The molecule has 21 heavy (non-hydrogen) atoms. The molecule has 0 aromatic carbocycles. The molecule has 0 radical (unpaired) electrons. The summed E-state index contributed by atoms with van der Waals surface area (Å²) in [5.74, 6) is 3.67. The van der Waals surface area contributed by atoms with Gasteiger partial charge in [0.25, 0.3) is 0 Å². The van der Waals surface area contributed by atoms with Crippen LogP contribution < -0.4 is 0 Å². The van der Waals surface area contributed by atoms with Crippen LogP contribution in [0.1, 0.15) is 60.8 Å². The Morgan fingerprint density at radius 3 is 1.95 bits per heavy atom. The molecule has 2 aliphatic rings. The Bertz CT molecular complexity index is 307. The summed E-state index contributed by atoms with van der Waals surface area (Å²) in [5.41, 5.74) is 0. The highest BCUT2D eigenvalue weighted by Crippen LogP contribution is 2.31. The lowest BCUT2D eigenvalue weighted by molar-refractivity contribution is 0.0311. The largest absolute Gasteiger partial charge is 0.300 e. The zero-order valence-corrected chi connectivity index (χ0v) is 15.3. The van der Waals surface area contributed by atoms with Crippen LogP contribution in [0, 0.1) is 23.7 Å². The van der Waals surface area contributed by atoms with E-state index >= 15 is 0 Å². The first kappa shape index (κ1) is 17.3. The maximum absolute atomic E-state index is 2.75. The quantitative estimate of drug-likeness (QED) is 0.697. The van der Waals surface area contributed by atoms with E-state index in [4.69, 9.17) is 0 Å². The summed E-state index contributed by atoms with van der Waals surface area (Å²) in [4.78, 5) is 5.36. The van der Waals surface area contributed by atoms with Crippen molar-refractivity contribution < 1.29 is 0 Å². The molecule has 2 aliphatic heterocycles. The lowest BCUT2D eigenvalue weighted by atomic mass is 9.82. The number of rotatable bonds is 7. The summed E-state index contributed by atoms with van der Waals surface area (Å²) in [6, 6.07) is 1.53. The van der Waals surface area contributed by atoms with Gasteiger partial charge in [-0.25, -0.2) is 0 Å². The van der Waals surface area contributed by atoms with E-state index in [0.29, 0.717) is 0 Å². The number of hydrogen-bond acceptors (Lipinski definition) is 2. The Hall–Kier alpha value is -0.0800. The molecular weight excluding hydrogens is 256 g/mol. The molecule has 0 N–H and O–H groups in total. The average molecular weight is 295 g/mol. The van der Waals surface area contributed by atoms with Crippen molar-refractivity contribution in [3.63, 3.8) is 0 Å². The van der Waals surface area contributed by atoms with Crippen LogP contribution >= 0.6 is 0 Å². The molecule has 0 aliphatic carbocycles. The van der Waals surface area contributed by atoms with Gasteiger partial charge in [0.05, 0.1) is 0 Å². The molecule has 0 aromatic rings. The first-order valence-electron chi connectivity index (χ1n) is 9.36. The number of likely N-dealkylation sites (tertiary alicyclic amines) is 2. The standard InChI is InChI=1S/C19H38N2/c1-14(2)18-9-10-20(11-18)17(6)8-7-16(5)19-12-21(13-19)15(3)4/h14-19H,7-13H2,1-6H3/t16-,17?,18?/m1/s1. The maximum Gasteiger partial charge on any atom is 0.00671 e. The van der Waals surface area contributed by atoms with Crippen LogP contribution in [0.2, 0.25) is 0 Å². The Morgan fingerprint density at radius 1 is 0.810 bits per heavy atom. The van der Waals surface area contributed by atoms with Crippen molar-refractivity contribution in [2.24, 2.45) is 23.7 Å². The van der Waals surface area contributed by atoms with E-state index < -0.39 is 0 Å². The fourth-order valence-electron chi connectivity index (χ4n) is 4.01. The van der Waals surface area contributed by atoms with Crippen LogP contribution in [0.25, 0.3) is 0 Å². The highest BCUT2D eigenvalue weighted by molar-refractivity contribution is 4.86. The van der Waals surface area contributed by atoms with Gasteiger partial charge in [0.2, 0.25) is 0 Å². The smallest absolute Gasteiger partial charge is 0.00671 e. The summed E-state index contributed by atoms with van der Waals surface area (Å²) in [6.07, 6.45) is 4.23. The third kappa shape index (κ3) is 4.45. The van der Waals surface area contributed by atoms with Crippen LogP contribution in [-0.4, -0.2) is 48.1 Å². The molecule has 3 atom stereocenters. The van der Waals surface area contributed by atoms with Gasteiger partial charge < -0.3 is 9.80 Å². The highest BCUT2D eigenvalue weighted by atomic mass is 15.2. The third-order valence-corrected chi connectivity index (χ3v) is 6.34. The van der Waals surface area contributed by atoms with Gasteiger partial charge >= 0.3 is 0 Å². The van der Waals surface area contributed by atoms with Gasteiger partial charge in [-0.15, -0.1) is 0 Å². The van der Waals surface area contributed by atoms with Gasteiger partial charge in [-0.3, -0.25) is 0 Å². The number of hydrogen-bond donors (Lipinski definition) is 0. The second kappa shape index (κ2) is 7.46. The third-order valence-electron chi connectivity index (χ3n) is 6.34. The van der Waals surface area contributed by atoms with Crippen molar-refractivity contribution in [1.29, 1.82) is 0 Å². The summed E-state index contributed by atoms with van der Waals surface area (Å²) in [6.45, 7) is 19.7. The summed E-state index contributed by atoms with van der Waals surface area (Å²) < 4.78 is 0. The van der Waals surface area contributed by atoms with Gasteiger partial charge in [0.1, 0.15) is 0 Å². The van der Waals surface area contributed by atoms with Crippen molar-refractivity contribution in [3.8, 4) is 0 Å². The van der Waals surface area contributed by atoms with Gasteiger partial charge in [-0.1, -0.05) is 20.8 Å². The monoisotopic (exact) mass is 294 g/mol. The summed E-state index contributed by atoms with van der Waals surface area (Å²) in [5, 5.41) is 0. The van der Waals surface area contributed by atoms with Gasteiger partial charge in [-0.05, 0) is 70.3 Å². The molecule has 0 bridgehead atoms. The van der Waals surface area contributed by atoms with E-state index in [1.165, 1.54) is 45.4 Å². The lowest BCUT2D eigenvalue weighted by Crippen LogP contribution is -2.52. The van der Waals surface area contributed by atoms with E-state index in [0.717, 1.165) is 35.8 Å². The van der Waals surface area contributed by atoms with Crippen LogP contribution in [0.15, 0.2) is 0 Å². The summed E-state index contributed by atoms with van der Waals surface area (Å²) >= 11 is 0. The van der Waals surface area contributed by atoms with Crippen molar-refractivity contribution in [3.05, 3.63) is 0 Å².